The van der Waals surface area contributed by atoms with E-state index in [0.29, 0.717) is 5.69 Å². The molecule has 1 saturated heterocycles. The lowest BCUT2D eigenvalue weighted by Crippen LogP contribution is -2.49. The first-order valence-corrected chi connectivity index (χ1v) is 7.84. The summed E-state index contributed by atoms with van der Waals surface area (Å²) in [5.41, 5.74) is 0.700. The van der Waals surface area contributed by atoms with E-state index in [4.69, 9.17) is 0 Å². The van der Waals surface area contributed by atoms with Gasteiger partial charge >= 0.3 is 0 Å². The van der Waals surface area contributed by atoms with Crippen LogP contribution < -0.4 is 0 Å². The van der Waals surface area contributed by atoms with E-state index in [9.17, 15) is 4.79 Å². The van der Waals surface area contributed by atoms with Crippen LogP contribution in [0.1, 0.15) is 16.9 Å². The highest BCUT2D eigenvalue weighted by atomic mass is 32.2. The Morgan fingerprint density at radius 1 is 1.39 bits per heavy atom. The Morgan fingerprint density at radius 2 is 2.17 bits per heavy atom. The van der Waals surface area contributed by atoms with Crippen molar-refractivity contribution in [3.8, 4) is 0 Å². The van der Waals surface area contributed by atoms with Crippen LogP contribution in [0.15, 0.2) is 18.3 Å². The van der Waals surface area contributed by atoms with E-state index >= 15 is 0 Å². The molecule has 18 heavy (non-hydrogen) atoms. The molecule has 0 bridgehead atoms. The molecule has 0 spiro atoms. The Hall–Kier alpha value is -0.940. The van der Waals surface area contributed by atoms with Crippen LogP contribution in [0.3, 0.4) is 0 Å². The Kier molecular flexibility index (Phi) is 5.13. The van der Waals surface area contributed by atoms with Gasteiger partial charge in [0.15, 0.2) is 0 Å². The normalized spacial score (nSPS) is 17.1. The SMILES string of the molecule is CSCCCN1CCN(C(=O)c2ccc[nH]2)CC1. The molecule has 0 aromatic carbocycles. The molecular weight excluding hydrogens is 246 g/mol. The van der Waals surface area contributed by atoms with Gasteiger partial charge < -0.3 is 9.88 Å². The average molecular weight is 267 g/mol. The third-order valence-electron chi connectivity index (χ3n) is 3.31. The number of nitrogens with one attached hydrogen (secondary N) is 1. The second-order valence-electron chi connectivity index (χ2n) is 4.56. The minimum Gasteiger partial charge on any atom is -0.357 e. The molecule has 5 heteroatoms. The minimum atomic E-state index is 0.128. The van der Waals surface area contributed by atoms with Crippen molar-refractivity contribution in [3.05, 3.63) is 24.0 Å². The molecule has 0 radical (unpaired) electrons. The molecule has 1 aromatic rings. The molecular formula is C13H21N3OS. The summed E-state index contributed by atoms with van der Waals surface area (Å²) in [6, 6.07) is 3.71. The maximum absolute atomic E-state index is 12.1. The standard InChI is InChI=1S/C13H21N3OS/c1-18-11-3-6-15-7-9-16(10-8-15)13(17)12-4-2-5-14-12/h2,4-5,14H,3,6-11H2,1H3. The van der Waals surface area contributed by atoms with Crippen LogP contribution in [0.4, 0.5) is 0 Å². The number of nitrogens with zero attached hydrogens (tertiary/aromatic N) is 2. The third kappa shape index (κ3) is 3.53. The fourth-order valence-electron chi connectivity index (χ4n) is 2.24. The number of rotatable bonds is 5. The maximum atomic E-state index is 12.1. The Bertz CT molecular complexity index is 358. The Morgan fingerprint density at radius 3 is 2.78 bits per heavy atom. The molecule has 0 atom stereocenters. The van der Waals surface area contributed by atoms with Crippen molar-refractivity contribution >= 4 is 17.7 Å². The lowest BCUT2D eigenvalue weighted by Gasteiger charge is -2.34. The summed E-state index contributed by atoms with van der Waals surface area (Å²) in [5.74, 6) is 1.35. The van der Waals surface area contributed by atoms with Gasteiger partial charge in [-0.05, 0) is 37.1 Å². The van der Waals surface area contributed by atoms with Gasteiger partial charge in [0.05, 0.1) is 0 Å². The zero-order chi connectivity index (χ0) is 12.8. The highest BCUT2D eigenvalue weighted by molar-refractivity contribution is 7.98. The predicted octanol–water partition coefficient (Wildman–Crippen LogP) is 1.53. The van der Waals surface area contributed by atoms with Gasteiger partial charge in [-0.2, -0.15) is 11.8 Å². The predicted molar refractivity (Wildman–Crippen MR) is 76.1 cm³/mol. The highest BCUT2D eigenvalue weighted by Gasteiger charge is 2.21. The van der Waals surface area contributed by atoms with Crippen LogP contribution in [0, 0.1) is 0 Å². The van der Waals surface area contributed by atoms with E-state index in [0.717, 1.165) is 32.7 Å². The second-order valence-corrected chi connectivity index (χ2v) is 5.55. The molecule has 1 aromatic heterocycles. The molecule has 100 valence electrons. The number of carbonyl (C=O) groups is 1. The van der Waals surface area contributed by atoms with Gasteiger partial charge in [-0.3, -0.25) is 9.69 Å². The maximum Gasteiger partial charge on any atom is 0.270 e. The van der Waals surface area contributed by atoms with E-state index < -0.39 is 0 Å². The van der Waals surface area contributed by atoms with E-state index in [1.165, 1.54) is 12.2 Å². The molecule has 0 unspecified atom stereocenters. The molecule has 1 aliphatic heterocycles. The van der Waals surface area contributed by atoms with Crippen molar-refractivity contribution in [2.45, 2.75) is 6.42 Å². The topological polar surface area (TPSA) is 39.3 Å². The number of hydrogen-bond donors (Lipinski definition) is 1. The fraction of sp³-hybridized carbons (Fsp3) is 0.615. The van der Waals surface area contributed by atoms with Crippen molar-refractivity contribution in [1.82, 2.24) is 14.8 Å². The molecule has 1 aliphatic rings. The van der Waals surface area contributed by atoms with Crippen molar-refractivity contribution in [2.24, 2.45) is 0 Å². The van der Waals surface area contributed by atoms with Gasteiger partial charge in [0.2, 0.25) is 0 Å². The van der Waals surface area contributed by atoms with Crippen LogP contribution >= 0.6 is 11.8 Å². The highest BCUT2D eigenvalue weighted by Crippen LogP contribution is 2.08. The van der Waals surface area contributed by atoms with Gasteiger partial charge in [-0.25, -0.2) is 0 Å². The number of aromatic nitrogens is 1. The van der Waals surface area contributed by atoms with Crippen LogP contribution in [0.5, 0.6) is 0 Å². The Labute approximate surface area is 113 Å². The number of piperazine rings is 1. The number of aromatic amines is 1. The molecule has 1 N–H and O–H groups in total. The van der Waals surface area contributed by atoms with Gasteiger partial charge in [-0.1, -0.05) is 0 Å². The van der Waals surface area contributed by atoms with Crippen molar-refractivity contribution in [2.75, 3.05) is 44.7 Å². The van der Waals surface area contributed by atoms with Crippen molar-refractivity contribution in [3.63, 3.8) is 0 Å². The first-order chi connectivity index (χ1) is 8.81. The van der Waals surface area contributed by atoms with Gasteiger partial charge in [0.25, 0.3) is 5.91 Å². The summed E-state index contributed by atoms with van der Waals surface area (Å²) in [7, 11) is 0. The zero-order valence-electron chi connectivity index (χ0n) is 10.9. The smallest absolute Gasteiger partial charge is 0.270 e. The average Bonchev–Trinajstić information content (AvgIpc) is 2.93. The monoisotopic (exact) mass is 267 g/mol. The van der Waals surface area contributed by atoms with Crippen molar-refractivity contribution in [1.29, 1.82) is 0 Å². The quantitative estimate of drug-likeness (QED) is 0.822. The minimum absolute atomic E-state index is 0.128. The summed E-state index contributed by atoms with van der Waals surface area (Å²) in [6.07, 6.45) is 5.19. The number of amides is 1. The molecule has 0 saturated carbocycles. The van der Waals surface area contributed by atoms with Crippen molar-refractivity contribution < 1.29 is 4.79 Å². The lowest BCUT2D eigenvalue weighted by molar-refractivity contribution is 0.0633. The fourth-order valence-corrected chi connectivity index (χ4v) is 2.66. The van der Waals surface area contributed by atoms with E-state index in [2.05, 4.69) is 16.1 Å². The Balaban J connectivity index is 1.75. The first-order valence-electron chi connectivity index (χ1n) is 6.45. The van der Waals surface area contributed by atoms with Gasteiger partial charge in [0, 0.05) is 32.4 Å². The van der Waals surface area contributed by atoms with E-state index in [-0.39, 0.29) is 5.91 Å². The van der Waals surface area contributed by atoms with E-state index in [1.54, 1.807) is 6.20 Å². The molecule has 4 nitrogen and oxygen atoms in total. The van der Waals surface area contributed by atoms with E-state index in [1.807, 2.05) is 28.8 Å². The van der Waals surface area contributed by atoms with Crippen LogP contribution in [0.25, 0.3) is 0 Å². The lowest BCUT2D eigenvalue weighted by atomic mass is 10.2. The number of H-pyrrole nitrogens is 1. The van der Waals surface area contributed by atoms with Crippen LogP contribution in [-0.4, -0.2) is 65.4 Å². The molecule has 1 fully saturated rings. The van der Waals surface area contributed by atoms with Crippen LogP contribution in [-0.2, 0) is 0 Å². The largest absolute Gasteiger partial charge is 0.357 e. The second kappa shape index (κ2) is 6.85. The zero-order valence-corrected chi connectivity index (χ0v) is 11.7. The summed E-state index contributed by atoms with van der Waals surface area (Å²) in [5, 5.41) is 0. The summed E-state index contributed by atoms with van der Waals surface area (Å²) in [4.78, 5) is 19.5. The van der Waals surface area contributed by atoms with Gasteiger partial charge in [0.1, 0.15) is 5.69 Å². The number of carbonyl (C=O) groups excluding carboxylic acids is 1. The summed E-state index contributed by atoms with van der Waals surface area (Å²) in [6.45, 7) is 4.85. The first kappa shape index (κ1) is 13.5. The van der Waals surface area contributed by atoms with Crippen LogP contribution in [0.2, 0.25) is 0 Å². The number of thioether (sulfide) groups is 1. The summed E-state index contributed by atoms with van der Waals surface area (Å²) < 4.78 is 0. The summed E-state index contributed by atoms with van der Waals surface area (Å²) >= 11 is 1.90. The molecule has 2 rings (SSSR count). The van der Waals surface area contributed by atoms with Gasteiger partial charge in [-0.15, -0.1) is 0 Å². The molecule has 0 aliphatic carbocycles. The molecule has 2 heterocycles. The third-order valence-corrected chi connectivity index (χ3v) is 4.01. The number of hydrogen-bond acceptors (Lipinski definition) is 3. The molecule has 1 amide bonds.